The van der Waals surface area contributed by atoms with Gasteiger partial charge >= 0.3 is 11.9 Å². The van der Waals surface area contributed by atoms with Crippen LogP contribution in [0.1, 0.15) is 11.3 Å². The first-order valence-electron chi connectivity index (χ1n) is 8.58. The van der Waals surface area contributed by atoms with Gasteiger partial charge < -0.3 is 14.2 Å². The lowest BCUT2D eigenvalue weighted by Gasteiger charge is -2.09. The van der Waals surface area contributed by atoms with Crippen molar-refractivity contribution in [3.63, 3.8) is 0 Å². The average Bonchev–Trinajstić information content (AvgIpc) is 3.21. The molecule has 8 heteroatoms. The van der Waals surface area contributed by atoms with Crippen LogP contribution in [-0.4, -0.2) is 36.1 Å². The van der Waals surface area contributed by atoms with Gasteiger partial charge in [0, 0.05) is 29.4 Å². The number of nitrogens with zero attached hydrogens (tertiary/aromatic N) is 2. The molecule has 3 aromatic rings. The van der Waals surface area contributed by atoms with E-state index in [9.17, 15) is 9.59 Å². The van der Waals surface area contributed by atoms with Gasteiger partial charge in [0.15, 0.2) is 11.5 Å². The number of methoxy groups -OCH3 is 2. The van der Waals surface area contributed by atoms with Crippen molar-refractivity contribution < 1.29 is 23.8 Å². The molecule has 1 aromatic carbocycles. The van der Waals surface area contributed by atoms with Gasteiger partial charge in [-0.25, -0.2) is 9.78 Å². The zero-order valence-corrected chi connectivity index (χ0v) is 16.6. The van der Waals surface area contributed by atoms with Crippen LogP contribution in [0.2, 0.25) is 0 Å². The van der Waals surface area contributed by atoms with Crippen molar-refractivity contribution >= 4 is 29.4 Å². The Labute approximate surface area is 171 Å². The molecule has 0 saturated heterocycles. The number of benzene rings is 1. The van der Waals surface area contributed by atoms with Crippen molar-refractivity contribution in [1.82, 2.24) is 9.97 Å². The standard InChI is InChI=1S/C21H18N2O5S/c1-26-18-10-14(6-8-19(24)27-2)5-7-17(18)28-20(25)11-16-13-29-21(23-16)15-4-3-9-22-12-15/h3-10,12-13H,11H2,1-2H3/b8-6+. The van der Waals surface area contributed by atoms with E-state index in [1.54, 1.807) is 36.7 Å². The summed E-state index contributed by atoms with van der Waals surface area (Å²) in [5.74, 6) is -0.257. The summed E-state index contributed by atoms with van der Waals surface area (Å²) in [5, 5.41) is 2.61. The van der Waals surface area contributed by atoms with Crippen molar-refractivity contribution in [3.8, 4) is 22.1 Å². The van der Waals surface area contributed by atoms with Gasteiger partial charge in [-0.15, -0.1) is 11.3 Å². The van der Waals surface area contributed by atoms with Crippen LogP contribution in [0.5, 0.6) is 11.5 Å². The van der Waals surface area contributed by atoms with Gasteiger partial charge in [0.25, 0.3) is 0 Å². The molecule has 7 nitrogen and oxygen atoms in total. The lowest BCUT2D eigenvalue weighted by atomic mass is 10.2. The second-order valence-electron chi connectivity index (χ2n) is 5.80. The third-order valence-corrected chi connectivity index (χ3v) is 4.75. The molecule has 2 heterocycles. The quantitative estimate of drug-likeness (QED) is 0.334. The van der Waals surface area contributed by atoms with Crippen molar-refractivity contribution in [2.75, 3.05) is 14.2 Å². The molecule has 0 aliphatic rings. The number of esters is 2. The Balaban J connectivity index is 1.67. The number of hydrogen-bond donors (Lipinski definition) is 0. The molecule has 0 bridgehead atoms. The highest BCUT2D eigenvalue weighted by molar-refractivity contribution is 7.13. The topological polar surface area (TPSA) is 87.6 Å². The molecule has 29 heavy (non-hydrogen) atoms. The molecule has 0 fully saturated rings. The molecule has 0 amide bonds. The van der Waals surface area contributed by atoms with E-state index in [0.717, 1.165) is 10.6 Å². The second-order valence-corrected chi connectivity index (χ2v) is 6.66. The normalized spacial score (nSPS) is 10.7. The molecule has 0 aliphatic heterocycles. The van der Waals surface area contributed by atoms with Crippen molar-refractivity contribution in [2.24, 2.45) is 0 Å². The monoisotopic (exact) mass is 410 g/mol. The fraction of sp³-hybridized carbons (Fsp3) is 0.143. The van der Waals surface area contributed by atoms with E-state index in [1.807, 2.05) is 17.5 Å². The molecule has 0 saturated carbocycles. The lowest BCUT2D eigenvalue weighted by molar-refractivity contribution is -0.135. The van der Waals surface area contributed by atoms with Crippen LogP contribution in [0.4, 0.5) is 0 Å². The number of rotatable bonds is 7. The van der Waals surface area contributed by atoms with Gasteiger partial charge in [-0.05, 0) is 35.9 Å². The molecular formula is C21H18N2O5S. The van der Waals surface area contributed by atoms with Gasteiger partial charge in [-0.2, -0.15) is 0 Å². The summed E-state index contributed by atoms with van der Waals surface area (Å²) in [6, 6.07) is 8.71. The number of thiazole rings is 1. The van der Waals surface area contributed by atoms with E-state index >= 15 is 0 Å². The second kappa shape index (κ2) is 9.61. The Morgan fingerprint density at radius 3 is 2.76 bits per heavy atom. The van der Waals surface area contributed by atoms with Crippen LogP contribution < -0.4 is 9.47 Å². The van der Waals surface area contributed by atoms with E-state index in [4.69, 9.17) is 9.47 Å². The number of carbonyl (C=O) groups is 2. The fourth-order valence-electron chi connectivity index (χ4n) is 2.42. The smallest absolute Gasteiger partial charge is 0.330 e. The molecule has 0 N–H and O–H groups in total. The van der Waals surface area contributed by atoms with Gasteiger partial charge in [0.2, 0.25) is 0 Å². The van der Waals surface area contributed by atoms with Crippen LogP contribution in [-0.2, 0) is 20.7 Å². The number of ether oxygens (including phenoxy) is 3. The highest BCUT2D eigenvalue weighted by Gasteiger charge is 2.14. The van der Waals surface area contributed by atoms with Crippen LogP contribution in [0.3, 0.4) is 0 Å². The Morgan fingerprint density at radius 2 is 2.03 bits per heavy atom. The summed E-state index contributed by atoms with van der Waals surface area (Å²) < 4.78 is 15.3. The first-order chi connectivity index (χ1) is 14.1. The first kappa shape index (κ1) is 20.2. The summed E-state index contributed by atoms with van der Waals surface area (Å²) in [7, 11) is 2.78. The maximum absolute atomic E-state index is 12.3. The van der Waals surface area contributed by atoms with E-state index in [1.165, 1.54) is 31.6 Å². The summed E-state index contributed by atoms with van der Waals surface area (Å²) in [4.78, 5) is 32.1. The van der Waals surface area contributed by atoms with Gasteiger partial charge in [0.1, 0.15) is 5.01 Å². The van der Waals surface area contributed by atoms with Crippen LogP contribution >= 0.6 is 11.3 Å². The summed E-state index contributed by atoms with van der Waals surface area (Å²) in [6.07, 6.45) is 6.32. The lowest BCUT2D eigenvalue weighted by Crippen LogP contribution is -2.12. The molecule has 0 spiro atoms. The van der Waals surface area contributed by atoms with Crippen molar-refractivity contribution in [3.05, 3.63) is 65.4 Å². The Bertz CT molecular complexity index is 1030. The minimum absolute atomic E-state index is 0.0317. The molecule has 0 aliphatic carbocycles. The third-order valence-electron chi connectivity index (χ3n) is 3.81. The van der Waals surface area contributed by atoms with Crippen LogP contribution in [0.25, 0.3) is 16.6 Å². The van der Waals surface area contributed by atoms with Gasteiger partial charge in [0.05, 0.1) is 26.3 Å². The molecule has 148 valence electrons. The van der Waals surface area contributed by atoms with Gasteiger partial charge in [-0.3, -0.25) is 9.78 Å². The number of pyridine rings is 1. The molecule has 0 radical (unpaired) electrons. The van der Waals surface area contributed by atoms with E-state index < -0.39 is 11.9 Å². The Morgan fingerprint density at radius 1 is 1.17 bits per heavy atom. The fourth-order valence-corrected chi connectivity index (χ4v) is 3.23. The molecular weight excluding hydrogens is 392 g/mol. The summed E-state index contributed by atoms with van der Waals surface area (Å²) in [6.45, 7) is 0. The first-order valence-corrected chi connectivity index (χ1v) is 9.46. The molecule has 3 rings (SSSR count). The highest BCUT2D eigenvalue weighted by atomic mass is 32.1. The molecule has 2 aromatic heterocycles. The average molecular weight is 410 g/mol. The predicted octanol–water partition coefficient (Wildman–Crippen LogP) is 3.55. The Hall–Kier alpha value is -3.52. The maximum atomic E-state index is 12.3. The number of carbonyl (C=O) groups excluding carboxylic acids is 2. The van der Waals surface area contributed by atoms with E-state index in [0.29, 0.717) is 17.0 Å². The Kier molecular flexibility index (Phi) is 6.70. The number of hydrogen-bond acceptors (Lipinski definition) is 8. The largest absolute Gasteiger partial charge is 0.493 e. The number of aromatic nitrogens is 2. The summed E-state index contributed by atoms with van der Waals surface area (Å²) >= 11 is 1.44. The van der Waals surface area contributed by atoms with Crippen molar-refractivity contribution in [2.45, 2.75) is 6.42 Å². The minimum Gasteiger partial charge on any atom is -0.493 e. The van der Waals surface area contributed by atoms with Crippen LogP contribution in [0.15, 0.2) is 54.2 Å². The third kappa shape index (κ3) is 5.49. The zero-order chi connectivity index (χ0) is 20.6. The maximum Gasteiger partial charge on any atom is 0.330 e. The SMILES string of the molecule is COC(=O)/C=C/c1ccc(OC(=O)Cc2csc(-c3cccnc3)n2)c(OC)c1. The molecule has 0 atom stereocenters. The van der Waals surface area contributed by atoms with Gasteiger partial charge in [-0.1, -0.05) is 6.07 Å². The predicted molar refractivity (Wildman–Crippen MR) is 109 cm³/mol. The zero-order valence-electron chi connectivity index (χ0n) is 15.8. The minimum atomic E-state index is -0.464. The molecule has 0 unspecified atom stereocenters. The van der Waals surface area contributed by atoms with Crippen molar-refractivity contribution in [1.29, 1.82) is 0 Å². The van der Waals surface area contributed by atoms with Crippen LogP contribution in [0, 0.1) is 0 Å². The van der Waals surface area contributed by atoms with E-state index in [-0.39, 0.29) is 12.2 Å². The summed E-state index contributed by atoms with van der Waals surface area (Å²) in [5.41, 5.74) is 2.22. The highest BCUT2D eigenvalue weighted by Crippen LogP contribution is 2.29. The van der Waals surface area contributed by atoms with E-state index in [2.05, 4.69) is 14.7 Å².